The third-order valence-corrected chi connectivity index (χ3v) is 4.57. The van der Waals surface area contributed by atoms with Crippen LogP contribution in [0.3, 0.4) is 0 Å². The molecule has 0 aromatic heterocycles. The maximum absolute atomic E-state index is 12.2. The number of rotatable bonds is 6. The summed E-state index contributed by atoms with van der Waals surface area (Å²) in [7, 11) is 3.05. The third kappa shape index (κ3) is 4.37. The van der Waals surface area contributed by atoms with E-state index in [0.717, 1.165) is 25.9 Å². The van der Waals surface area contributed by atoms with Gasteiger partial charge in [-0.15, -0.1) is 0 Å². The molecule has 2 amide bonds. The second kappa shape index (κ2) is 8.19. The van der Waals surface area contributed by atoms with Gasteiger partial charge < -0.3 is 19.7 Å². The molecular formula is C16H21BrN2O4. The highest BCUT2D eigenvalue weighted by Crippen LogP contribution is 2.35. The summed E-state index contributed by atoms with van der Waals surface area (Å²) in [5.41, 5.74) is 0.426. The van der Waals surface area contributed by atoms with Crippen molar-refractivity contribution in [2.24, 2.45) is 0 Å². The van der Waals surface area contributed by atoms with E-state index in [1.54, 1.807) is 12.1 Å². The van der Waals surface area contributed by atoms with Gasteiger partial charge in [0.2, 0.25) is 5.91 Å². The van der Waals surface area contributed by atoms with Crippen LogP contribution in [0.25, 0.3) is 0 Å². The maximum atomic E-state index is 12.2. The smallest absolute Gasteiger partial charge is 0.251 e. The average molecular weight is 385 g/mol. The van der Waals surface area contributed by atoms with Gasteiger partial charge >= 0.3 is 0 Å². The van der Waals surface area contributed by atoms with E-state index in [9.17, 15) is 9.59 Å². The van der Waals surface area contributed by atoms with Gasteiger partial charge in [-0.05, 0) is 40.9 Å². The fourth-order valence-electron chi connectivity index (χ4n) is 2.51. The van der Waals surface area contributed by atoms with Crippen LogP contribution in [0.2, 0.25) is 0 Å². The van der Waals surface area contributed by atoms with Crippen LogP contribution < -0.4 is 14.8 Å². The highest BCUT2D eigenvalue weighted by Gasteiger charge is 2.18. The van der Waals surface area contributed by atoms with Crippen molar-refractivity contribution in [2.45, 2.75) is 19.3 Å². The molecule has 0 bridgehead atoms. The van der Waals surface area contributed by atoms with Gasteiger partial charge in [0, 0.05) is 31.6 Å². The summed E-state index contributed by atoms with van der Waals surface area (Å²) < 4.78 is 11.1. The Morgan fingerprint density at radius 1 is 1.17 bits per heavy atom. The number of carbonyl (C=O) groups excluding carboxylic acids is 2. The molecule has 0 saturated carbocycles. The molecule has 1 N–H and O–H groups in total. The van der Waals surface area contributed by atoms with Crippen molar-refractivity contribution in [3.63, 3.8) is 0 Å². The number of nitrogens with one attached hydrogen (secondary N) is 1. The van der Waals surface area contributed by atoms with Crippen LogP contribution in [0, 0.1) is 0 Å². The zero-order valence-electron chi connectivity index (χ0n) is 13.4. The lowest BCUT2D eigenvalue weighted by atomic mass is 10.2. The fourth-order valence-corrected chi connectivity index (χ4v) is 3.06. The van der Waals surface area contributed by atoms with Crippen molar-refractivity contribution in [1.29, 1.82) is 0 Å². The Bertz CT molecular complexity index is 560. The van der Waals surface area contributed by atoms with Crippen molar-refractivity contribution >= 4 is 27.7 Å². The van der Waals surface area contributed by atoms with E-state index in [0.29, 0.717) is 34.5 Å². The molecule has 1 heterocycles. The van der Waals surface area contributed by atoms with Crippen LogP contribution in [-0.2, 0) is 4.79 Å². The third-order valence-electron chi connectivity index (χ3n) is 3.79. The summed E-state index contributed by atoms with van der Waals surface area (Å²) >= 11 is 3.36. The van der Waals surface area contributed by atoms with Crippen molar-refractivity contribution < 1.29 is 19.1 Å². The summed E-state index contributed by atoms with van der Waals surface area (Å²) in [5.74, 6) is 0.863. The first-order valence-electron chi connectivity index (χ1n) is 7.54. The van der Waals surface area contributed by atoms with Gasteiger partial charge in [-0.3, -0.25) is 9.59 Å². The van der Waals surface area contributed by atoms with Gasteiger partial charge in [-0.25, -0.2) is 0 Å². The topological polar surface area (TPSA) is 67.9 Å². The number of carbonyl (C=O) groups is 2. The molecule has 0 radical (unpaired) electrons. The minimum atomic E-state index is -0.261. The van der Waals surface area contributed by atoms with Crippen LogP contribution in [-0.4, -0.2) is 50.6 Å². The fraction of sp³-hybridized carbons (Fsp3) is 0.500. The van der Waals surface area contributed by atoms with Gasteiger partial charge in [0.25, 0.3) is 5.91 Å². The summed E-state index contributed by atoms with van der Waals surface area (Å²) in [6.07, 6.45) is 2.45. The summed E-state index contributed by atoms with van der Waals surface area (Å²) in [6, 6.07) is 3.26. The number of benzene rings is 1. The van der Waals surface area contributed by atoms with Gasteiger partial charge in [0.15, 0.2) is 0 Å². The van der Waals surface area contributed by atoms with Crippen LogP contribution in [0.1, 0.15) is 29.6 Å². The van der Waals surface area contributed by atoms with E-state index in [1.165, 1.54) is 14.2 Å². The largest absolute Gasteiger partial charge is 0.495 e. The van der Waals surface area contributed by atoms with E-state index >= 15 is 0 Å². The minimum Gasteiger partial charge on any atom is -0.495 e. The highest BCUT2D eigenvalue weighted by atomic mass is 79.9. The number of hydrogen-bond donors (Lipinski definition) is 1. The molecule has 1 aromatic carbocycles. The Kier molecular flexibility index (Phi) is 6.27. The zero-order valence-corrected chi connectivity index (χ0v) is 14.9. The Balaban J connectivity index is 1.93. The molecule has 0 atom stereocenters. The van der Waals surface area contributed by atoms with E-state index in [1.807, 2.05) is 4.90 Å². The van der Waals surface area contributed by atoms with E-state index in [2.05, 4.69) is 21.2 Å². The molecular weight excluding hydrogens is 364 g/mol. The quantitative estimate of drug-likeness (QED) is 0.816. The Hall–Kier alpha value is -1.76. The number of amides is 2. The summed E-state index contributed by atoms with van der Waals surface area (Å²) in [4.78, 5) is 26.0. The van der Waals surface area contributed by atoms with Crippen LogP contribution in [0.15, 0.2) is 16.6 Å². The predicted octanol–water partition coefficient (Wildman–Crippen LogP) is 2.21. The molecule has 23 heavy (non-hydrogen) atoms. The number of likely N-dealkylation sites (tertiary alicyclic amines) is 1. The van der Waals surface area contributed by atoms with Gasteiger partial charge in [0.1, 0.15) is 16.0 Å². The second-order valence-electron chi connectivity index (χ2n) is 5.29. The minimum absolute atomic E-state index is 0.0915. The van der Waals surface area contributed by atoms with Crippen molar-refractivity contribution in [1.82, 2.24) is 10.2 Å². The predicted molar refractivity (Wildman–Crippen MR) is 90.0 cm³/mol. The lowest BCUT2D eigenvalue weighted by Crippen LogP contribution is -2.32. The Labute approximate surface area is 144 Å². The molecule has 1 aliphatic heterocycles. The van der Waals surface area contributed by atoms with E-state index in [-0.39, 0.29) is 11.8 Å². The molecule has 2 rings (SSSR count). The molecule has 1 fully saturated rings. The average Bonchev–Trinajstić information content (AvgIpc) is 3.09. The maximum Gasteiger partial charge on any atom is 0.251 e. The van der Waals surface area contributed by atoms with Gasteiger partial charge in [-0.2, -0.15) is 0 Å². The number of nitrogens with zero attached hydrogens (tertiary/aromatic N) is 1. The molecule has 7 heteroatoms. The molecule has 0 unspecified atom stereocenters. The Morgan fingerprint density at radius 3 is 2.26 bits per heavy atom. The number of ether oxygens (including phenoxy) is 2. The molecule has 0 aliphatic carbocycles. The van der Waals surface area contributed by atoms with Crippen LogP contribution >= 0.6 is 15.9 Å². The van der Waals surface area contributed by atoms with Gasteiger partial charge in [-0.1, -0.05) is 0 Å². The lowest BCUT2D eigenvalue weighted by molar-refractivity contribution is -0.129. The molecule has 6 nitrogen and oxygen atoms in total. The first-order chi connectivity index (χ1) is 11.1. The molecule has 0 spiro atoms. The van der Waals surface area contributed by atoms with Crippen molar-refractivity contribution in [3.8, 4) is 11.5 Å². The molecule has 1 aromatic rings. The second-order valence-corrected chi connectivity index (χ2v) is 6.08. The first kappa shape index (κ1) is 17.6. The van der Waals surface area contributed by atoms with E-state index < -0.39 is 0 Å². The number of hydrogen-bond acceptors (Lipinski definition) is 4. The van der Waals surface area contributed by atoms with Crippen molar-refractivity contribution in [3.05, 3.63) is 22.2 Å². The highest BCUT2D eigenvalue weighted by molar-refractivity contribution is 9.10. The number of methoxy groups -OCH3 is 2. The molecule has 126 valence electrons. The zero-order chi connectivity index (χ0) is 16.8. The standard InChI is InChI=1S/C16H21BrN2O4/c1-22-12-9-11(10-13(23-2)15(12)17)16(21)18-6-5-14(20)19-7-3-4-8-19/h9-10H,3-8H2,1-2H3,(H,18,21). The number of halogens is 1. The molecule has 1 aliphatic rings. The lowest BCUT2D eigenvalue weighted by Gasteiger charge is -2.15. The normalized spacial score (nSPS) is 13.8. The van der Waals surface area contributed by atoms with Crippen LogP contribution in [0.5, 0.6) is 11.5 Å². The SMILES string of the molecule is COc1cc(C(=O)NCCC(=O)N2CCCC2)cc(OC)c1Br. The molecule has 1 saturated heterocycles. The van der Waals surface area contributed by atoms with Crippen LogP contribution in [0.4, 0.5) is 0 Å². The monoisotopic (exact) mass is 384 g/mol. The Morgan fingerprint density at radius 2 is 1.74 bits per heavy atom. The van der Waals surface area contributed by atoms with Gasteiger partial charge in [0.05, 0.1) is 14.2 Å². The first-order valence-corrected chi connectivity index (χ1v) is 8.33. The van der Waals surface area contributed by atoms with Crippen molar-refractivity contribution in [2.75, 3.05) is 33.9 Å². The summed E-state index contributed by atoms with van der Waals surface area (Å²) in [5, 5.41) is 2.76. The van der Waals surface area contributed by atoms with E-state index in [4.69, 9.17) is 9.47 Å². The summed E-state index contributed by atoms with van der Waals surface area (Å²) in [6.45, 7) is 1.97.